The second-order valence-corrected chi connectivity index (χ2v) is 9.13. The molecule has 2 N–H and O–H groups in total. The quantitative estimate of drug-likeness (QED) is 0.117. The molecule has 0 rings (SSSR count). The molecule has 10 nitrogen and oxygen atoms in total. The molecule has 0 radical (unpaired) electrons. The van der Waals surface area contributed by atoms with Gasteiger partial charge in [0, 0.05) is 0 Å². The summed E-state index contributed by atoms with van der Waals surface area (Å²) in [6, 6.07) is 0. The Morgan fingerprint density at radius 3 is 1.45 bits per heavy atom. The normalized spacial score (nSPS) is 11.0. The van der Waals surface area contributed by atoms with Gasteiger partial charge in [-0.25, -0.2) is 0 Å². The first-order chi connectivity index (χ1) is 12.9. The zero-order valence-corrected chi connectivity index (χ0v) is 20.8. The van der Waals surface area contributed by atoms with Gasteiger partial charge in [-0.15, -0.1) is 0 Å². The molecule has 0 spiro atoms. The zero-order chi connectivity index (χ0) is 22.1. The summed E-state index contributed by atoms with van der Waals surface area (Å²) in [5.41, 5.74) is 0. The summed E-state index contributed by atoms with van der Waals surface area (Å²) in [6.45, 7) is 2.44. The summed E-state index contributed by atoms with van der Waals surface area (Å²) >= 11 is 0. The van der Waals surface area contributed by atoms with Crippen molar-refractivity contribution in [2.45, 2.75) is 71.1 Å². The Kier molecular flexibility index (Phi) is 22.7. The third-order valence-electron chi connectivity index (χ3n) is 3.36. The van der Waals surface area contributed by atoms with Crippen LogP contribution >= 0.6 is 0 Å². The Labute approximate surface area is 195 Å². The topological polar surface area (TPSA) is 175 Å². The van der Waals surface area contributed by atoms with Crippen molar-refractivity contribution in [2.24, 2.45) is 0 Å². The van der Waals surface area contributed by atoms with Crippen LogP contribution in [0.25, 0.3) is 0 Å². The number of aliphatic carboxylic acids is 1. The second kappa shape index (κ2) is 19.7. The molecule has 0 aliphatic carbocycles. The molecule has 0 aromatic heterocycles. The summed E-state index contributed by atoms with van der Waals surface area (Å²) < 4.78 is 60.8. The van der Waals surface area contributed by atoms with Gasteiger partial charge in [-0.05, 0) is 6.42 Å². The third kappa shape index (κ3) is 35.6. The number of carboxylic acids is 1. The van der Waals surface area contributed by atoms with Crippen molar-refractivity contribution in [2.75, 3.05) is 18.1 Å². The fraction of sp³-hybridized carbons (Fsp3) is 0.875. The van der Waals surface area contributed by atoms with Crippen LogP contribution in [0.5, 0.6) is 0 Å². The molecule has 0 atom stereocenters. The van der Waals surface area contributed by atoms with Crippen LogP contribution in [0.4, 0.5) is 0 Å². The number of ether oxygens (including phenoxy) is 1. The average molecular weight is 471 g/mol. The fourth-order valence-corrected chi connectivity index (χ4v) is 2.79. The molecule has 0 saturated heterocycles. The molecule has 0 aromatic rings. The van der Waals surface area contributed by atoms with Crippen molar-refractivity contribution < 1.29 is 74.9 Å². The average Bonchev–Trinajstić information content (AvgIpc) is 2.49. The molecule has 0 amide bonds. The summed E-state index contributed by atoms with van der Waals surface area (Å²) in [6.07, 6.45) is 11.8. The Morgan fingerprint density at radius 1 is 0.759 bits per heavy atom. The molecule has 29 heavy (non-hydrogen) atoms. The maximum absolute atomic E-state index is 11.0. The minimum absolute atomic E-state index is 0. The predicted molar refractivity (Wildman–Crippen MR) is 101 cm³/mol. The number of rotatable bonds is 15. The summed E-state index contributed by atoms with van der Waals surface area (Å²) in [5, 5.41) is 9.36. The summed E-state index contributed by atoms with van der Waals surface area (Å²) in [7, 11) is -8.65. The van der Waals surface area contributed by atoms with E-state index in [1.807, 2.05) is 0 Å². The standard InChI is InChI=1S/C14H28O5S.C2H4O5S.Na/c1-2-3-4-5-6-7-8-9-10-11-12-19-14(15)13-20(16,17)18;3-2(4)1-8(5,6)7;/h2-13H2,1H3,(H,16,17,18);1H2,(H,3,4)(H,5,6,7);/q;;+1/p-1. The number of carbonyl (C=O) groups excluding carboxylic acids is 2. The number of hydrogen-bond donors (Lipinski definition) is 2. The largest absolute Gasteiger partial charge is 1.00 e. The first-order valence-electron chi connectivity index (χ1n) is 9.13. The molecular weight excluding hydrogens is 439 g/mol. The van der Waals surface area contributed by atoms with Gasteiger partial charge < -0.3 is 14.6 Å². The van der Waals surface area contributed by atoms with Crippen LogP contribution in [0.3, 0.4) is 0 Å². The van der Waals surface area contributed by atoms with E-state index in [4.69, 9.17) is 13.8 Å². The Morgan fingerprint density at radius 2 is 1.14 bits per heavy atom. The smallest absolute Gasteiger partial charge is 0.549 e. The van der Waals surface area contributed by atoms with E-state index in [0.717, 1.165) is 19.3 Å². The van der Waals surface area contributed by atoms with Gasteiger partial charge >= 0.3 is 35.5 Å². The van der Waals surface area contributed by atoms with Gasteiger partial charge in [-0.1, -0.05) is 64.7 Å². The van der Waals surface area contributed by atoms with E-state index >= 15 is 0 Å². The SMILES string of the molecule is CCCCCCCCCCCCOC(=O)CS(=O)(=O)O.O=C([O-])CS(=O)(=O)O.[Na+]. The minimum Gasteiger partial charge on any atom is -0.549 e. The first kappa shape index (κ1) is 33.4. The maximum Gasteiger partial charge on any atom is 1.00 e. The van der Waals surface area contributed by atoms with E-state index in [2.05, 4.69) is 6.92 Å². The Hall–Kier alpha value is -0.240. The summed E-state index contributed by atoms with van der Waals surface area (Å²) in [5.74, 6) is -4.99. The molecule has 0 aromatic carbocycles. The molecule has 0 bridgehead atoms. The second-order valence-electron chi connectivity index (χ2n) is 6.23. The molecule has 0 aliphatic heterocycles. The van der Waals surface area contributed by atoms with Crippen molar-refractivity contribution in [1.82, 2.24) is 0 Å². The number of hydrogen-bond acceptors (Lipinski definition) is 8. The van der Waals surface area contributed by atoms with Crippen molar-refractivity contribution in [3.8, 4) is 0 Å². The molecular formula is C16H31NaO10S2. The van der Waals surface area contributed by atoms with E-state index < -0.39 is 43.7 Å². The number of carbonyl (C=O) groups is 2. The Balaban J connectivity index is -0.000000636. The van der Waals surface area contributed by atoms with Crippen molar-refractivity contribution in [1.29, 1.82) is 0 Å². The summed E-state index contributed by atoms with van der Waals surface area (Å²) in [4.78, 5) is 20.3. The number of carboxylic acid groups (broad SMARTS) is 1. The molecule has 0 fully saturated rings. The molecule has 0 aliphatic rings. The van der Waals surface area contributed by atoms with Crippen LogP contribution in [0.1, 0.15) is 71.1 Å². The van der Waals surface area contributed by atoms with Gasteiger partial charge in [-0.3, -0.25) is 13.9 Å². The van der Waals surface area contributed by atoms with E-state index in [0.29, 0.717) is 0 Å². The maximum atomic E-state index is 11.0. The third-order valence-corrected chi connectivity index (χ3v) is 4.56. The fourth-order valence-electron chi connectivity index (χ4n) is 2.12. The van der Waals surface area contributed by atoms with Gasteiger partial charge in [0.05, 0.1) is 12.6 Å². The van der Waals surface area contributed by atoms with Crippen LogP contribution in [0.15, 0.2) is 0 Å². The van der Waals surface area contributed by atoms with Crippen LogP contribution in [0.2, 0.25) is 0 Å². The van der Waals surface area contributed by atoms with E-state index in [1.165, 1.54) is 44.9 Å². The molecule has 168 valence electrons. The van der Waals surface area contributed by atoms with Crippen LogP contribution in [-0.2, 0) is 34.6 Å². The van der Waals surface area contributed by atoms with Crippen LogP contribution in [0, 0.1) is 0 Å². The molecule has 13 heteroatoms. The van der Waals surface area contributed by atoms with Gasteiger partial charge in [0.25, 0.3) is 20.2 Å². The minimum atomic E-state index is -4.39. The van der Waals surface area contributed by atoms with Crippen molar-refractivity contribution in [3.63, 3.8) is 0 Å². The van der Waals surface area contributed by atoms with Crippen molar-refractivity contribution in [3.05, 3.63) is 0 Å². The molecule has 0 saturated carbocycles. The van der Waals surface area contributed by atoms with Gasteiger partial charge in [0.1, 0.15) is 5.75 Å². The van der Waals surface area contributed by atoms with Gasteiger partial charge in [-0.2, -0.15) is 16.8 Å². The monoisotopic (exact) mass is 470 g/mol. The van der Waals surface area contributed by atoms with Crippen LogP contribution in [-0.4, -0.2) is 56.0 Å². The van der Waals surface area contributed by atoms with Crippen molar-refractivity contribution >= 4 is 32.2 Å². The molecule has 0 unspecified atom stereocenters. The van der Waals surface area contributed by atoms with E-state index in [1.54, 1.807) is 0 Å². The first-order valence-corrected chi connectivity index (χ1v) is 12.3. The van der Waals surface area contributed by atoms with Crippen LogP contribution < -0.4 is 34.7 Å². The predicted octanol–water partition coefficient (Wildman–Crippen LogP) is -2.03. The molecule has 0 heterocycles. The van der Waals surface area contributed by atoms with E-state index in [-0.39, 0.29) is 36.2 Å². The Bertz CT molecular complexity index is 632. The van der Waals surface area contributed by atoms with E-state index in [9.17, 15) is 31.5 Å². The van der Waals surface area contributed by atoms with Gasteiger partial charge in [0.2, 0.25) is 0 Å². The van der Waals surface area contributed by atoms with Gasteiger partial charge in [0.15, 0.2) is 5.75 Å². The zero-order valence-electron chi connectivity index (χ0n) is 17.2. The number of unbranched alkanes of at least 4 members (excludes halogenated alkanes) is 9. The number of esters is 1.